The number of nitrogens with zero attached hydrogens (tertiary/aromatic N) is 3. The van der Waals surface area contributed by atoms with E-state index in [4.69, 9.17) is 14.0 Å². The Morgan fingerprint density at radius 1 is 1.42 bits per heavy atom. The molecular weight excluding hydrogens is 310 g/mol. The third-order valence-corrected chi connectivity index (χ3v) is 3.93. The van der Waals surface area contributed by atoms with E-state index in [0.29, 0.717) is 42.7 Å². The van der Waals surface area contributed by atoms with Gasteiger partial charge in [0.2, 0.25) is 11.7 Å². The molecule has 24 heavy (non-hydrogen) atoms. The Balaban J connectivity index is 1.72. The van der Waals surface area contributed by atoms with Crippen molar-refractivity contribution in [2.75, 3.05) is 19.7 Å². The quantitative estimate of drug-likeness (QED) is 0.836. The standard InChI is InChI=1S/C17H21N3O4/c1-3-13-10-20(8-9-22-13)17(21)14-6-4-5-7-15(14)23-11-16-18-12(2)24-19-16/h4-7,13H,3,8-11H2,1-2H3. The van der Waals surface area contributed by atoms with Crippen LogP contribution in [0.15, 0.2) is 28.8 Å². The maximum absolute atomic E-state index is 12.8. The van der Waals surface area contributed by atoms with Crippen LogP contribution < -0.4 is 4.74 Å². The average molecular weight is 331 g/mol. The Bertz CT molecular complexity index is 701. The van der Waals surface area contributed by atoms with Crippen LogP contribution in [0.25, 0.3) is 0 Å². The van der Waals surface area contributed by atoms with Crippen molar-refractivity contribution in [1.29, 1.82) is 0 Å². The lowest BCUT2D eigenvalue weighted by atomic mass is 10.1. The first-order valence-corrected chi connectivity index (χ1v) is 8.09. The van der Waals surface area contributed by atoms with Gasteiger partial charge in [-0.1, -0.05) is 24.2 Å². The number of morpholine rings is 1. The number of hydrogen-bond acceptors (Lipinski definition) is 6. The molecule has 7 heteroatoms. The fourth-order valence-corrected chi connectivity index (χ4v) is 2.63. The predicted octanol–water partition coefficient (Wildman–Crippen LogP) is 2.21. The number of aromatic nitrogens is 2. The van der Waals surface area contributed by atoms with Crippen molar-refractivity contribution in [3.8, 4) is 5.75 Å². The molecule has 1 atom stereocenters. The van der Waals surface area contributed by atoms with Crippen LogP contribution in [0.2, 0.25) is 0 Å². The Labute approximate surface area is 140 Å². The zero-order valence-corrected chi connectivity index (χ0v) is 13.9. The SMILES string of the molecule is CCC1CN(C(=O)c2ccccc2OCc2noc(C)n2)CCO1. The second-order valence-corrected chi connectivity index (χ2v) is 5.67. The summed E-state index contributed by atoms with van der Waals surface area (Å²) in [5.41, 5.74) is 0.537. The second kappa shape index (κ2) is 7.44. The number of ether oxygens (including phenoxy) is 2. The molecule has 0 N–H and O–H groups in total. The molecule has 128 valence electrons. The van der Waals surface area contributed by atoms with Crippen LogP contribution in [-0.2, 0) is 11.3 Å². The zero-order chi connectivity index (χ0) is 16.9. The van der Waals surface area contributed by atoms with E-state index >= 15 is 0 Å². The second-order valence-electron chi connectivity index (χ2n) is 5.67. The highest BCUT2D eigenvalue weighted by Crippen LogP contribution is 2.22. The molecule has 3 rings (SSSR count). The Morgan fingerprint density at radius 2 is 2.25 bits per heavy atom. The predicted molar refractivity (Wildman–Crippen MR) is 85.7 cm³/mol. The Morgan fingerprint density at radius 3 is 3.00 bits per heavy atom. The lowest BCUT2D eigenvalue weighted by molar-refractivity contribution is -0.0227. The van der Waals surface area contributed by atoms with Gasteiger partial charge in [-0.3, -0.25) is 4.79 Å². The van der Waals surface area contributed by atoms with Crippen LogP contribution in [0.5, 0.6) is 5.75 Å². The smallest absolute Gasteiger partial charge is 0.257 e. The minimum Gasteiger partial charge on any atom is -0.485 e. The summed E-state index contributed by atoms with van der Waals surface area (Å²) in [4.78, 5) is 18.8. The molecule has 1 aromatic heterocycles. The van der Waals surface area contributed by atoms with Gasteiger partial charge in [-0.25, -0.2) is 0 Å². The number of carbonyl (C=O) groups is 1. The Kier molecular flexibility index (Phi) is 5.10. The van der Waals surface area contributed by atoms with E-state index < -0.39 is 0 Å². The number of aryl methyl sites for hydroxylation is 1. The molecule has 1 aliphatic heterocycles. The van der Waals surface area contributed by atoms with Gasteiger partial charge < -0.3 is 18.9 Å². The molecule has 2 aromatic rings. The van der Waals surface area contributed by atoms with E-state index in [-0.39, 0.29) is 18.6 Å². The highest BCUT2D eigenvalue weighted by molar-refractivity contribution is 5.97. The summed E-state index contributed by atoms with van der Waals surface area (Å²) in [5, 5.41) is 3.79. The molecule has 7 nitrogen and oxygen atoms in total. The summed E-state index contributed by atoms with van der Waals surface area (Å²) in [5.74, 6) is 1.41. The summed E-state index contributed by atoms with van der Waals surface area (Å²) in [6.45, 7) is 5.69. The van der Waals surface area contributed by atoms with Crippen molar-refractivity contribution in [3.05, 3.63) is 41.5 Å². The van der Waals surface area contributed by atoms with Crippen molar-refractivity contribution in [2.24, 2.45) is 0 Å². The molecule has 0 radical (unpaired) electrons. The summed E-state index contributed by atoms with van der Waals surface area (Å²) < 4.78 is 16.3. The van der Waals surface area contributed by atoms with Crippen LogP contribution >= 0.6 is 0 Å². The molecule has 0 bridgehead atoms. The average Bonchev–Trinajstić information content (AvgIpc) is 3.05. The number of amides is 1. The minimum absolute atomic E-state index is 0.0448. The van der Waals surface area contributed by atoms with Crippen LogP contribution in [0.3, 0.4) is 0 Å². The summed E-state index contributed by atoms with van der Waals surface area (Å²) in [6.07, 6.45) is 0.983. The van der Waals surface area contributed by atoms with Gasteiger partial charge in [0.25, 0.3) is 5.91 Å². The molecule has 1 saturated heterocycles. The molecule has 1 unspecified atom stereocenters. The van der Waals surface area contributed by atoms with Crippen molar-refractivity contribution in [1.82, 2.24) is 15.0 Å². The fraction of sp³-hybridized carbons (Fsp3) is 0.471. The van der Waals surface area contributed by atoms with E-state index in [1.165, 1.54) is 0 Å². The van der Waals surface area contributed by atoms with Crippen molar-refractivity contribution in [3.63, 3.8) is 0 Å². The van der Waals surface area contributed by atoms with Gasteiger partial charge in [-0.05, 0) is 18.6 Å². The largest absolute Gasteiger partial charge is 0.485 e. The lowest BCUT2D eigenvalue weighted by Crippen LogP contribution is -2.45. The minimum atomic E-state index is -0.0448. The van der Waals surface area contributed by atoms with Gasteiger partial charge in [-0.2, -0.15) is 4.98 Å². The maximum atomic E-state index is 12.8. The number of benzene rings is 1. The Hall–Kier alpha value is -2.41. The van der Waals surface area contributed by atoms with Crippen molar-refractivity contribution < 1.29 is 18.8 Å². The van der Waals surface area contributed by atoms with Gasteiger partial charge in [-0.15, -0.1) is 0 Å². The van der Waals surface area contributed by atoms with E-state index in [2.05, 4.69) is 17.1 Å². The fourth-order valence-electron chi connectivity index (χ4n) is 2.63. The van der Waals surface area contributed by atoms with Gasteiger partial charge in [0.1, 0.15) is 5.75 Å². The first kappa shape index (κ1) is 16.4. The zero-order valence-electron chi connectivity index (χ0n) is 13.9. The van der Waals surface area contributed by atoms with Crippen LogP contribution in [0.4, 0.5) is 0 Å². The summed E-state index contributed by atoms with van der Waals surface area (Å²) >= 11 is 0. The normalized spacial score (nSPS) is 17.8. The maximum Gasteiger partial charge on any atom is 0.257 e. The van der Waals surface area contributed by atoms with E-state index in [9.17, 15) is 4.79 Å². The van der Waals surface area contributed by atoms with Crippen LogP contribution in [-0.4, -0.2) is 46.7 Å². The van der Waals surface area contributed by atoms with Crippen LogP contribution in [0.1, 0.15) is 35.4 Å². The van der Waals surface area contributed by atoms with Gasteiger partial charge >= 0.3 is 0 Å². The number of hydrogen-bond donors (Lipinski definition) is 0. The number of rotatable bonds is 5. The van der Waals surface area contributed by atoms with E-state index in [1.54, 1.807) is 19.1 Å². The first-order valence-electron chi connectivity index (χ1n) is 8.09. The molecule has 1 fully saturated rings. The molecule has 2 heterocycles. The summed E-state index contributed by atoms with van der Waals surface area (Å²) in [7, 11) is 0. The molecular formula is C17H21N3O4. The topological polar surface area (TPSA) is 77.7 Å². The number of carbonyl (C=O) groups excluding carboxylic acids is 1. The van der Waals surface area contributed by atoms with Gasteiger partial charge in [0, 0.05) is 20.0 Å². The summed E-state index contributed by atoms with van der Waals surface area (Å²) in [6, 6.07) is 7.21. The highest BCUT2D eigenvalue weighted by Gasteiger charge is 2.25. The van der Waals surface area contributed by atoms with E-state index in [1.807, 2.05) is 17.0 Å². The van der Waals surface area contributed by atoms with Gasteiger partial charge in [0.15, 0.2) is 6.61 Å². The third kappa shape index (κ3) is 3.73. The van der Waals surface area contributed by atoms with Crippen LogP contribution in [0, 0.1) is 6.92 Å². The third-order valence-electron chi connectivity index (χ3n) is 3.93. The lowest BCUT2D eigenvalue weighted by Gasteiger charge is -2.32. The first-order chi connectivity index (χ1) is 11.7. The van der Waals surface area contributed by atoms with Gasteiger partial charge in [0.05, 0.1) is 18.3 Å². The molecule has 0 saturated carbocycles. The molecule has 1 aliphatic rings. The monoisotopic (exact) mass is 331 g/mol. The number of para-hydroxylation sites is 1. The van der Waals surface area contributed by atoms with Crippen molar-refractivity contribution in [2.45, 2.75) is 33.0 Å². The molecule has 1 aromatic carbocycles. The van der Waals surface area contributed by atoms with Crippen molar-refractivity contribution >= 4 is 5.91 Å². The van der Waals surface area contributed by atoms with E-state index in [0.717, 1.165) is 6.42 Å². The molecule has 0 aliphatic carbocycles. The molecule has 1 amide bonds. The highest BCUT2D eigenvalue weighted by atomic mass is 16.5. The molecule has 0 spiro atoms.